The minimum absolute atomic E-state index is 0.161. The molecule has 1 aromatic carbocycles. The molecular formula is C13H11ClN4OS3. The molecule has 1 N–H and O–H groups in total. The molecule has 0 spiro atoms. The SMILES string of the molecule is CCSc1nnc(SCC(=O)Nc2ccc(C#N)c(Cl)c2)s1. The fourth-order valence-corrected chi connectivity index (χ4v) is 4.39. The fourth-order valence-electron chi connectivity index (χ4n) is 1.45. The lowest BCUT2D eigenvalue weighted by molar-refractivity contribution is -0.113. The van der Waals surface area contributed by atoms with Gasteiger partial charge in [-0.3, -0.25) is 4.79 Å². The number of halogens is 1. The quantitative estimate of drug-likeness (QED) is 0.776. The van der Waals surface area contributed by atoms with Crippen LogP contribution in [0.25, 0.3) is 0 Å². The predicted molar refractivity (Wildman–Crippen MR) is 91.8 cm³/mol. The van der Waals surface area contributed by atoms with Crippen molar-refractivity contribution in [3.8, 4) is 6.07 Å². The lowest BCUT2D eigenvalue weighted by Gasteiger charge is -2.05. The second-order valence-corrected chi connectivity index (χ2v) is 8.03. The van der Waals surface area contributed by atoms with E-state index in [1.807, 2.05) is 6.07 Å². The van der Waals surface area contributed by atoms with E-state index in [2.05, 4.69) is 22.4 Å². The maximum Gasteiger partial charge on any atom is 0.234 e. The first-order valence-corrected chi connectivity index (χ1v) is 9.37. The van der Waals surface area contributed by atoms with Gasteiger partial charge in [-0.2, -0.15) is 5.26 Å². The zero-order chi connectivity index (χ0) is 15.9. The summed E-state index contributed by atoms with van der Waals surface area (Å²) in [5.74, 6) is 1.02. The normalized spacial score (nSPS) is 10.2. The van der Waals surface area contributed by atoms with Gasteiger partial charge in [0.15, 0.2) is 8.68 Å². The Balaban J connectivity index is 1.87. The van der Waals surface area contributed by atoms with Gasteiger partial charge in [-0.05, 0) is 24.0 Å². The molecule has 2 rings (SSSR count). The first kappa shape index (κ1) is 17.1. The molecule has 1 heterocycles. The van der Waals surface area contributed by atoms with Crippen molar-refractivity contribution in [1.29, 1.82) is 5.26 Å². The van der Waals surface area contributed by atoms with Crippen LogP contribution in [0, 0.1) is 11.3 Å². The van der Waals surface area contributed by atoms with Crippen LogP contribution < -0.4 is 5.32 Å². The van der Waals surface area contributed by atoms with E-state index in [1.165, 1.54) is 23.1 Å². The van der Waals surface area contributed by atoms with Crippen LogP contribution in [0.15, 0.2) is 26.9 Å². The Morgan fingerprint density at radius 3 is 2.77 bits per heavy atom. The van der Waals surface area contributed by atoms with Crippen molar-refractivity contribution < 1.29 is 4.79 Å². The highest BCUT2D eigenvalue weighted by atomic mass is 35.5. The lowest BCUT2D eigenvalue weighted by Crippen LogP contribution is -2.13. The molecule has 1 amide bonds. The number of hydrogen-bond acceptors (Lipinski definition) is 7. The number of carbonyl (C=O) groups excluding carboxylic acids is 1. The summed E-state index contributed by atoms with van der Waals surface area (Å²) in [6.45, 7) is 2.05. The van der Waals surface area contributed by atoms with Crippen LogP contribution >= 0.6 is 46.5 Å². The van der Waals surface area contributed by atoms with E-state index in [-0.39, 0.29) is 11.7 Å². The van der Waals surface area contributed by atoms with Crippen molar-refractivity contribution in [1.82, 2.24) is 10.2 Å². The first-order chi connectivity index (χ1) is 10.6. The smallest absolute Gasteiger partial charge is 0.234 e. The van der Waals surface area contributed by atoms with Gasteiger partial charge in [-0.15, -0.1) is 10.2 Å². The summed E-state index contributed by atoms with van der Waals surface area (Å²) in [5, 5.41) is 19.9. The number of rotatable bonds is 6. The zero-order valence-corrected chi connectivity index (χ0v) is 14.7. The van der Waals surface area contributed by atoms with Gasteiger partial charge in [-0.1, -0.05) is 53.4 Å². The number of nitrogens with zero attached hydrogens (tertiary/aromatic N) is 3. The van der Waals surface area contributed by atoms with Gasteiger partial charge in [0.2, 0.25) is 5.91 Å². The van der Waals surface area contributed by atoms with Crippen LogP contribution in [0.3, 0.4) is 0 Å². The second kappa shape index (κ2) is 8.39. The molecular weight excluding hydrogens is 360 g/mol. The first-order valence-electron chi connectivity index (χ1n) is 6.21. The molecule has 9 heteroatoms. The molecule has 5 nitrogen and oxygen atoms in total. The average molecular weight is 371 g/mol. The minimum atomic E-state index is -0.161. The summed E-state index contributed by atoms with van der Waals surface area (Å²) in [4.78, 5) is 11.9. The maximum absolute atomic E-state index is 11.9. The van der Waals surface area contributed by atoms with Crippen LogP contribution in [0.2, 0.25) is 5.02 Å². The predicted octanol–water partition coefficient (Wildman–Crippen LogP) is 3.91. The van der Waals surface area contributed by atoms with Crippen molar-refractivity contribution in [3.05, 3.63) is 28.8 Å². The van der Waals surface area contributed by atoms with Crippen LogP contribution in [-0.4, -0.2) is 27.6 Å². The number of hydrogen-bond donors (Lipinski definition) is 1. The summed E-state index contributed by atoms with van der Waals surface area (Å²) in [6, 6.07) is 6.75. The largest absolute Gasteiger partial charge is 0.325 e. The Bertz CT molecular complexity index is 714. The van der Waals surface area contributed by atoms with Gasteiger partial charge < -0.3 is 5.32 Å². The monoisotopic (exact) mass is 370 g/mol. The molecule has 2 aromatic rings. The fraction of sp³-hybridized carbons (Fsp3) is 0.231. The molecule has 1 aromatic heterocycles. The summed E-state index contributed by atoms with van der Waals surface area (Å²) < 4.78 is 1.67. The van der Waals surface area contributed by atoms with E-state index in [9.17, 15) is 4.79 Å². The van der Waals surface area contributed by atoms with Gasteiger partial charge in [0.25, 0.3) is 0 Å². The summed E-state index contributed by atoms with van der Waals surface area (Å²) >= 11 is 10.4. The second-order valence-electron chi connectivity index (χ2n) is 3.91. The third-order valence-electron chi connectivity index (χ3n) is 2.36. The Kier molecular flexibility index (Phi) is 6.51. The van der Waals surface area contributed by atoms with Crippen molar-refractivity contribution in [2.75, 3.05) is 16.8 Å². The van der Waals surface area contributed by atoms with E-state index >= 15 is 0 Å². The third-order valence-corrected chi connectivity index (χ3v) is 5.74. The molecule has 114 valence electrons. The van der Waals surface area contributed by atoms with Gasteiger partial charge in [0.1, 0.15) is 6.07 Å². The molecule has 0 aliphatic rings. The van der Waals surface area contributed by atoms with E-state index in [1.54, 1.807) is 30.0 Å². The van der Waals surface area contributed by atoms with E-state index < -0.39 is 0 Å². The molecule has 0 bridgehead atoms. The number of amides is 1. The van der Waals surface area contributed by atoms with Crippen LogP contribution in [0.5, 0.6) is 0 Å². The Labute approximate surface area is 145 Å². The van der Waals surface area contributed by atoms with Gasteiger partial charge >= 0.3 is 0 Å². The number of aromatic nitrogens is 2. The zero-order valence-electron chi connectivity index (χ0n) is 11.5. The molecule has 22 heavy (non-hydrogen) atoms. The Hall–Kier alpha value is -1.27. The number of anilines is 1. The van der Waals surface area contributed by atoms with Gasteiger partial charge in [0.05, 0.1) is 16.3 Å². The number of nitrogens with one attached hydrogen (secondary N) is 1. The standard InChI is InChI=1S/C13H11ClN4OS3/c1-2-20-12-17-18-13(22-12)21-7-11(19)16-9-4-3-8(6-15)10(14)5-9/h3-5H,2,7H2,1H3,(H,16,19). The van der Waals surface area contributed by atoms with E-state index in [0.29, 0.717) is 16.3 Å². The van der Waals surface area contributed by atoms with E-state index in [0.717, 1.165) is 14.4 Å². The van der Waals surface area contributed by atoms with Crippen LogP contribution in [-0.2, 0) is 4.79 Å². The highest BCUT2D eigenvalue weighted by molar-refractivity contribution is 8.03. The molecule has 0 fully saturated rings. The van der Waals surface area contributed by atoms with Crippen molar-refractivity contribution in [2.45, 2.75) is 15.6 Å². The molecule has 0 unspecified atom stereocenters. The molecule has 0 saturated heterocycles. The number of nitriles is 1. The number of benzene rings is 1. The van der Waals surface area contributed by atoms with Crippen molar-refractivity contribution in [2.24, 2.45) is 0 Å². The Morgan fingerprint density at radius 2 is 2.14 bits per heavy atom. The molecule has 0 saturated carbocycles. The highest BCUT2D eigenvalue weighted by Gasteiger charge is 2.09. The van der Waals surface area contributed by atoms with Crippen LogP contribution in [0.1, 0.15) is 12.5 Å². The van der Waals surface area contributed by atoms with Crippen LogP contribution in [0.4, 0.5) is 5.69 Å². The third kappa shape index (κ3) is 4.88. The summed E-state index contributed by atoms with van der Waals surface area (Å²) in [7, 11) is 0. The van der Waals surface area contributed by atoms with Crippen molar-refractivity contribution in [3.63, 3.8) is 0 Å². The summed E-state index contributed by atoms with van der Waals surface area (Å²) in [6.07, 6.45) is 0. The topological polar surface area (TPSA) is 78.7 Å². The number of carbonyl (C=O) groups is 1. The van der Waals surface area contributed by atoms with Gasteiger partial charge in [0, 0.05) is 5.69 Å². The minimum Gasteiger partial charge on any atom is -0.325 e. The number of thioether (sulfide) groups is 2. The molecule has 0 aliphatic carbocycles. The summed E-state index contributed by atoms with van der Waals surface area (Å²) in [5.41, 5.74) is 0.943. The molecule has 0 atom stereocenters. The molecule has 0 radical (unpaired) electrons. The van der Waals surface area contributed by atoms with Gasteiger partial charge in [-0.25, -0.2) is 0 Å². The molecule has 0 aliphatic heterocycles. The van der Waals surface area contributed by atoms with E-state index in [4.69, 9.17) is 16.9 Å². The Morgan fingerprint density at radius 1 is 1.41 bits per heavy atom. The highest BCUT2D eigenvalue weighted by Crippen LogP contribution is 2.28. The maximum atomic E-state index is 11.9. The lowest BCUT2D eigenvalue weighted by atomic mass is 10.2. The van der Waals surface area contributed by atoms with Crippen molar-refractivity contribution >= 4 is 58.1 Å². The average Bonchev–Trinajstić information content (AvgIpc) is 2.93.